The second kappa shape index (κ2) is 8.20. The van der Waals surface area contributed by atoms with E-state index in [-0.39, 0.29) is 23.8 Å². The van der Waals surface area contributed by atoms with Crippen molar-refractivity contribution < 1.29 is 43.5 Å². The number of aliphatic hydroxyl groups is 1. The number of hydrogen-bond acceptors (Lipinski definition) is 9. The number of phenolic OH excluding ortho intramolecular Hbond substituents is 1. The molecule has 2 N–H and O–H groups in total. The molecule has 1 heterocycles. The molecular weight excluding hydrogens is 475 g/mol. The summed E-state index contributed by atoms with van der Waals surface area (Å²) in [7, 11) is 2.03. The minimum Gasteiger partial charge on any atom is -0.504 e. The van der Waals surface area contributed by atoms with Crippen LogP contribution in [0, 0.1) is 11.8 Å². The number of aromatic hydroxyl groups is 1. The van der Waals surface area contributed by atoms with Gasteiger partial charge in [-0.25, -0.2) is 9.59 Å². The molecule has 10 heteroatoms. The van der Waals surface area contributed by atoms with Gasteiger partial charge in [-0.3, -0.25) is 4.79 Å². The number of esters is 3. The van der Waals surface area contributed by atoms with Gasteiger partial charge in [0, 0.05) is 12.5 Å². The summed E-state index contributed by atoms with van der Waals surface area (Å²) in [6.07, 6.45) is 2.03. The monoisotopic (exact) mass is 504 g/mol. The maximum absolute atomic E-state index is 12.9. The van der Waals surface area contributed by atoms with E-state index in [1.807, 2.05) is 15.3 Å². The average Bonchev–Trinajstić information content (AvgIpc) is 3.15. The number of carbonyl (C=O) groups excluding carboxylic acids is 3. The van der Waals surface area contributed by atoms with Crippen LogP contribution in [-0.2, 0) is 40.4 Å². The highest BCUT2D eigenvalue weighted by molar-refractivity contribution is 7.19. The van der Waals surface area contributed by atoms with E-state index in [9.17, 15) is 24.6 Å². The van der Waals surface area contributed by atoms with Gasteiger partial charge in [0.15, 0.2) is 23.7 Å². The van der Waals surface area contributed by atoms with Crippen LogP contribution in [0.25, 0.3) is 0 Å². The summed E-state index contributed by atoms with van der Waals surface area (Å²) in [5.74, 6) is -2.81. The first-order valence-corrected chi connectivity index (χ1v) is 12.5. The molecule has 0 saturated heterocycles. The number of ether oxygens (including phenoxy) is 4. The van der Waals surface area contributed by atoms with Gasteiger partial charge in [-0.15, -0.1) is 0 Å². The molecular formula is C25H29O9P. The Morgan fingerprint density at radius 2 is 1.97 bits per heavy atom. The Hall–Kier alpha value is -2.64. The van der Waals surface area contributed by atoms with E-state index >= 15 is 0 Å². The van der Waals surface area contributed by atoms with Gasteiger partial charge < -0.3 is 29.2 Å². The topological polar surface area (TPSA) is 129 Å². The Morgan fingerprint density at radius 1 is 1.23 bits per heavy atom. The average molecular weight is 504 g/mol. The highest BCUT2D eigenvalue weighted by atomic mass is 31.0. The van der Waals surface area contributed by atoms with Crippen molar-refractivity contribution in [2.24, 2.45) is 11.8 Å². The van der Waals surface area contributed by atoms with Crippen molar-refractivity contribution in [1.82, 2.24) is 0 Å². The fourth-order valence-electron chi connectivity index (χ4n) is 6.53. The van der Waals surface area contributed by atoms with Crippen LogP contribution in [0.5, 0.6) is 11.5 Å². The zero-order valence-electron chi connectivity index (χ0n) is 19.8. The van der Waals surface area contributed by atoms with Gasteiger partial charge in [-0.2, -0.15) is 0 Å². The third-order valence-electron chi connectivity index (χ3n) is 8.10. The molecule has 1 spiro atoms. The van der Waals surface area contributed by atoms with Crippen LogP contribution in [0.3, 0.4) is 0 Å². The van der Waals surface area contributed by atoms with Crippen LogP contribution in [0.1, 0.15) is 51.2 Å². The Bertz CT molecular complexity index is 1150. The lowest BCUT2D eigenvalue weighted by molar-refractivity contribution is -0.178. The van der Waals surface area contributed by atoms with Gasteiger partial charge in [0.25, 0.3) is 0 Å². The van der Waals surface area contributed by atoms with Crippen molar-refractivity contribution in [2.75, 3.05) is 0 Å². The Labute approximate surface area is 205 Å². The van der Waals surface area contributed by atoms with E-state index in [1.165, 1.54) is 6.92 Å². The highest BCUT2D eigenvalue weighted by Gasteiger charge is 2.72. The number of carbonyl (C=O) groups is 3. The lowest BCUT2D eigenvalue weighted by Crippen LogP contribution is -2.69. The molecule has 1 aromatic carbocycles. The minimum atomic E-state index is -1.28. The zero-order chi connectivity index (χ0) is 25.3. The molecule has 1 saturated carbocycles. The lowest BCUT2D eigenvalue weighted by Gasteiger charge is -2.61. The summed E-state index contributed by atoms with van der Waals surface area (Å²) in [6.45, 7) is 4.66. The van der Waals surface area contributed by atoms with Gasteiger partial charge in [0.1, 0.15) is 5.76 Å². The summed E-state index contributed by atoms with van der Waals surface area (Å²) in [5, 5.41) is 22.7. The Balaban J connectivity index is 1.43. The molecule has 4 unspecified atom stereocenters. The van der Waals surface area contributed by atoms with Crippen LogP contribution in [0.2, 0.25) is 0 Å². The fourth-order valence-corrected chi connectivity index (χ4v) is 6.80. The molecule has 1 fully saturated rings. The summed E-state index contributed by atoms with van der Waals surface area (Å²) >= 11 is 0. The van der Waals surface area contributed by atoms with Gasteiger partial charge in [-0.1, -0.05) is 22.2 Å². The molecule has 1 aliphatic heterocycles. The molecule has 35 heavy (non-hydrogen) atoms. The van der Waals surface area contributed by atoms with Gasteiger partial charge >= 0.3 is 17.9 Å². The van der Waals surface area contributed by atoms with Crippen LogP contribution in [0.4, 0.5) is 0 Å². The van der Waals surface area contributed by atoms with E-state index in [2.05, 4.69) is 6.92 Å². The van der Waals surface area contributed by atoms with Crippen molar-refractivity contribution >= 4 is 27.1 Å². The first-order valence-electron chi connectivity index (χ1n) is 11.8. The third kappa shape index (κ3) is 3.39. The van der Waals surface area contributed by atoms with E-state index in [0.29, 0.717) is 24.5 Å². The summed E-state index contributed by atoms with van der Waals surface area (Å²) < 4.78 is 21.8. The molecule has 8 atom stereocenters. The predicted octanol–water partition coefficient (Wildman–Crippen LogP) is 2.25. The van der Waals surface area contributed by atoms with E-state index in [4.69, 9.17) is 18.9 Å². The van der Waals surface area contributed by atoms with Gasteiger partial charge in [0.2, 0.25) is 5.85 Å². The fraction of sp³-hybridized carbons (Fsp3) is 0.560. The molecule has 3 aliphatic carbocycles. The van der Waals surface area contributed by atoms with Gasteiger partial charge in [-0.05, 0) is 62.1 Å². The quantitative estimate of drug-likeness (QED) is 0.352. The standard InChI is InChI=1S/C25H29O9P/c1-11-6-8-24-18-14-4-5-16(27)19(18)34-20(24)17(7-9-25(24,30)15(11)10-14)33-21(28)12(2)31-22(29)23(35)32-13(3)26/h4-5,7,11-12,15,20,23,27,30H,6,8-10,35H2,1-3H3/t11?,12-,15-,20?,23-,24?,25+/m0/s1. The van der Waals surface area contributed by atoms with Crippen LogP contribution < -0.4 is 4.74 Å². The second-order valence-electron chi connectivity index (χ2n) is 10.0. The summed E-state index contributed by atoms with van der Waals surface area (Å²) in [4.78, 5) is 36.0. The van der Waals surface area contributed by atoms with E-state index < -0.39 is 47.0 Å². The maximum Gasteiger partial charge on any atom is 0.352 e. The highest BCUT2D eigenvalue weighted by Crippen LogP contribution is 2.68. The molecule has 0 radical (unpaired) electrons. The minimum absolute atomic E-state index is 0.000938. The third-order valence-corrected chi connectivity index (χ3v) is 8.51. The first-order chi connectivity index (χ1) is 16.5. The molecule has 1 aromatic rings. The van der Waals surface area contributed by atoms with Crippen molar-refractivity contribution in [2.45, 2.75) is 75.5 Å². The van der Waals surface area contributed by atoms with Crippen molar-refractivity contribution in [3.63, 3.8) is 0 Å². The molecule has 5 rings (SSSR count). The molecule has 0 aromatic heterocycles. The molecule has 2 bridgehead atoms. The largest absolute Gasteiger partial charge is 0.504 e. The SMILES string of the molecule is CC(=O)O[C@@H](P)C(=O)O[C@@H](C)C(=O)OC1=CC[C@@]2(O)[C@H]3Cc4ccc(O)c5c4C2(CCC3C)C1O5. The van der Waals surface area contributed by atoms with Crippen molar-refractivity contribution in [3.8, 4) is 11.5 Å². The Morgan fingerprint density at radius 3 is 2.69 bits per heavy atom. The molecule has 9 nitrogen and oxygen atoms in total. The molecule has 188 valence electrons. The van der Waals surface area contributed by atoms with E-state index in [1.54, 1.807) is 12.1 Å². The van der Waals surface area contributed by atoms with Gasteiger partial charge in [0.05, 0.1) is 11.0 Å². The normalized spacial score (nSPS) is 33.4. The molecule has 0 amide bonds. The first kappa shape index (κ1) is 24.1. The molecule has 4 aliphatic rings. The van der Waals surface area contributed by atoms with Crippen molar-refractivity contribution in [3.05, 3.63) is 35.1 Å². The number of phenols is 1. The lowest BCUT2D eigenvalue weighted by atomic mass is 9.45. The Kier molecular flexibility index (Phi) is 5.64. The van der Waals surface area contributed by atoms with Crippen LogP contribution >= 0.6 is 9.24 Å². The van der Waals surface area contributed by atoms with E-state index in [0.717, 1.165) is 24.5 Å². The van der Waals surface area contributed by atoms with Crippen LogP contribution in [-0.4, -0.2) is 51.8 Å². The smallest absolute Gasteiger partial charge is 0.352 e. The summed E-state index contributed by atoms with van der Waals surface area (Å²) in [5.41, 5.74) is -0.113. The maximum atomic E-state index is 12.9. The zero-order valence-corrected chi connectivity index (χ0v) is 20.9. The predicted molar refractivity (Wildman–Crippen MR) is 124 cm³/mol. The number of benzene rings is 1. The number of hydrogen-bond donors (Lipinski definition) is 2. The van der Waals surface area contributed by atoms with Crippen molar-refractivity contribution in [1.29, 1.82) is 0 Å². The number of rotatable bonds is 5. The second-order valence-corrected chi connectivity index (χ2v) is 10.6. The van der Waals surface area contributed by atoms with Crippen LogP contribution in [0.15, 0.2) is 24.0 Å². The summed E-state index contributed by atoms with van der Waals surface area (Å²) in [6, 6.07) is 3.49.